The minimum Gasteiger partial charge on any atom is -0.346 e. The lowest BCUT2D eigenvalue weighted by atomic mass is 10.1. The number of rotatable bonds is 2. The Bertz CT molecular complexity index is 394. The number of aromatic nitrogens is 1. The van der Waals surface area contributed by atoms with Gasteiger partial charge >= 0.3 is 0 Å². The average Bonchev–Trinajstić information content (AvgIpc) is 2.63. The number of amides is 1. The first kappa shape index (κ1) is 12.8. The maximum Gasteiger partial charge on any atom is 0.271 e. The van der Waals surface area contributed by atoms with Crippen LogP contribution >= 0.6 is 22.9 Å². The summed E-state index contributed by atoms with van der Waals surface area (Å²) in [6.07, 6.45) is 5.48. The molecule has 1 amide bonds. The first-order valence-corrected chi connectivity index (χ1v) is 7.35. The molecule has 0 bridgehead atoms. The van der Waals surface area contributed by atoms with E-state index in [0.717, 1.165) is 30.7 Å². The van der Waals surface area contributed by atoms with Gasteiger partial charge < -0.3 is 5.32 Å². The summed E-state index contributed by atoms with van der Waals surface area (Å²) in [4.78, 5) is 16.1. The van der Waals surface area contributed by atoms with Crippen LogP contribution in [0.3, 0.4) is 0 Å². The number of nitrogens with zero attached hydrogens (tertiary/aromatic N) is 1. The van der Waals surface area contributed by atoms with Crippen molar-refractivity contribution in [2.45, 2.75) is 50.4 Å². The lowest BCUT2D eigenvalue weighted by Crippen LogP contribution is -2.40. The molecule has 1 aromatic heterocycles. The van der Waals surface area contributed by atoms with Crippen LogP contribution in [-0.4, -0.2) is 22.3 Å². The van der Waals surface area contributed by atoms with Crippen molar-refractivity contribution in [3.63, 3.8) is 0 Å². The van der Waals surface area contributed by atoms with E-state index in [1.165, 1.54) is 17.8 Å². The van der Waals surface area contributed by atoms with E-state index in [1.54, 1.807) is 5.38 Å². The van der Waals surface area contributed by atoms with Crippen molar-refractivity contribution in [1.82, 2.24) is 10.3 Å². The van der Waals surface area contributed by atoms with E-state index >= 15 is 0 Å². The van der Waals surface area contributed by atoms with Crippen molar-refractivity contribution in [2.24, 2.45) is 0 Å². The van der Waals surface area contributed by atoms with E-state index in [0.29, 0.717) is 5.69 Å². The van der Waals surface area contributed by atoms with E-state index in [2.05, 4.69) is 10.3 Å². The van der Waals surface area contributed by atoms with Gasteiger partial charge in [0.05, 0.1) is 10.4 Å². The van der Waals surface area contributed by atoms with E-state index in [1.807, 2.05) is 6.92 Å². The lowest BCUT2D eigenvalue weighted by molar-refractivity contribution is 0.0929. The molecule has 2 rings (SSSR count). The number of thiazole rings is 1. The summed E-state index contributed by atoms with van der Waals surface area (Å²) >= 11 is 7.79. The minimum atomic E-state index is -0.0908. The molecule has 1 aromatic rings. The highest BCUT2D eigenvalue weighted by molar-refractivity contribution is 7.09. The van der Waals surface area contributed by atoms with Crippen molar-refractivity contribution < 1.29 is 4.79 Å². The highest BCUT2D eigenvalue weighted by Gasteiger charge is 2.24. The van der Waals surface area contributed by atoms with Gasteiger partial charge in [-0.2, -0.15) is 0 Å². The van der Waals surface area contributed by atoms with Crippen molar-refractivity contribution in [3.8, 4) is 0 Å². The summed E-state index contributed by atoms with van der Waals surface area (Å²) in [5.74, 6) is -0.0908. The number of aryl methyl sites for hydroxylation is 1. The highest BCUT2D eigenvalue weighted by atomic mass is 35.5. The zero-order valence-electron chi connectivity index (χ0n) is 9.91. The molecule has 5 heteroatoms. The highest BCUT2D eigenvalue weighted by Crippen LogP contribution is 2.22. The number of carbonyl (C=O) groups excluding carboxylic acids is 1. The van der Waals surface area contributed by atoms with Gasteiger partial charge in [0.25, 0.3) is 5.91 Å². The molecular formula is C12H17ClN2OS. The Kier molecular flexibility index (Phi) is 4.40. The number of halogens is 1. The Hall–Kier alpha value is -0.610. The van der Waals surface area contributed by atoms with E-state index in [4.69, 9.17) is 11.6 Å². The third-order valence-electron chi connectivity index (χ3n) is 3.10. The smallest absolute Gasteiger partial charge is 0.271 e. The Balaban J connectivity index is 1.97. The maximum atomic E-state index is 12.0. The molecule has 2 atom stereocenters. The van der Waals surface area contributed by atoms with Crippen LogP contribution in [0.4, 0.5) is 0 Å². The van der Waals surface area contributed by atoms with Crippen LogP contribution in [-0.2, 0) is 0 Å². The van der Waals surface area contributed by atoms with Crippen LogP contribution in [0, 0.1) is 6.92 Å². The van der Waals surface area contributed by atoms with Gasteiger partial charge in [0, 0.05) is 11.4 Å². The molecule has 1 N–H and O–H groups in total. The van der Waals surface area contributed by atoms with Gasteiger partial charge in [-0.1, -0.05) is 19.3 Å². The Labute approximate surface area is 111 Å². The second-order valence-electron chi connectivity index (χ2n) is 4.49. The number of alkyl halides is 1. The lowest BCUT2D eigenvalue weighted by Gasteiger charge is -2.20. The standard InChI is InChI=1S/C12H17ClN2OS/c1-8-14-11(7-17-8)12(16)15-10-6-4-2-3-5-9(10)13/h7,9-10H,2-6H2,1H3,(H,15,16). The number of nitrogens with one attached hydrogen (secondary N) is 1. The minimum absolute atomic E-state index is 0.0567. The van der Waals surface area contributed by atoms with Crippen molar-refractivity contribution in [2.75, 3.05) is 0 Å². The van der Waals surface area contributed by atoms with Gasteiger partial charge in [-0.3, -0.25) is 4.79 Å². The molecule has 0 radical (unpaired) electrons. The molecule has 1 saturated carbocycles. The monoisotopic (exact) mass is 272 g/mol. The Morgan fingerprint density at radius 3 is 2.94 bits per heavy atom. The number of hydrogen-bond acceptors (Lipinski definition) is 3. The van der Waals surface area contributed by atoms with Crippen molar-refractivity contribution in [1.29, 1.82) is 0 Å². The van der Waals surface area contributed by atoms with Gasteiger partial charge in [0.15, 0.2) is 0 Å². The van der Waals surface area contributed by atoms with Crippen LogP contribution in [0.25, 0.3) is 0 Å². The topological polar surface area (TPSA) is 42.0 Å². The van der Waals surface area contributed by atoms with E-state index < -0.39 is 0 Å². The van der Waals surface area contributed by atoms with Crippen molar-refractivity contribution >= 4 is 28.8 Å². The van der Waals surface area contributed by atoms with E-state index in [-0.39, 0.29) is 17.3 Å². The Morgan fingerprint density at radius 2 is 2.24 bits per heavy atom. The summed E-state index contributed by atoms with van der Waals surface area (Å²) in [7, 11) is 0. The normalized spacial score (nSPS) is 25.3. The van der Waals surface area contributed by atoms with E-state index in [9.17, 15) is 4.79 Å². The average molecular weight is 273 g/mol. The largest absolute Gasteiger partial charge is 0.346 e. The van der Waals surface area contributed by atoms with Crippen LogP contribution in [0.1, 0.15) is 47.6 Å². The summed E-state index contributed by atoms with van der Waals surface area (Å²) in [5.41, 5.74) is 0.514. The second kappa shape index (κ2) is 5.83. The first-order chi connectivity index (χ1) is 8.16. The molecule has 94 valence electrons. The summed E-state index contributed by atoms with van der Waals surface area (Å²) in [5, 5.41) is 5.78. The predicted octanol–water partition coefficient (Wildman–Crippen LogP) is 3.12. The van der Waals surface area contributed by atoms with Crippen LogP contribution in [0.15, 0.2) is 5.38 Å². The van der Waals surface area contributed by atoms with Crippen molar-refractivity contribution in [3.05, 3.63) is 16.1 Å². The summed E-state index contributed by atoms with van der Waals surface area (Å²) in [6.45, 7) is 1.90. The van der Waals surface area contributed by atoms with Gasteiger partial charge in [0.1, 0.15) is 5.69 Å². The SMILES string of the molecule is Cc1nc(C(=O)NC2CCCCCC2Cl)cs1. The van der Waals surface area contributed by atoms with Gasteiger partial charge in [-0.15, -0.1) is 22.9 Å². The van der Waals surface area contributed by atoms with Crippen LogP contribution in [0.2, 0.25) is 0 Å². The molecule has 2 unspecified atom stereocenters. The molecule has 0 aromatic carbocycles. The molecule has 0 saturated heterocycles. The molecule has 1 fully saturated rings. The van der Waals surface area contributed by atoms with Gasteiger partial charge in [-0.25, -0.2) is 4.98 Å². The van der Waals surface area contributed by atoms with Crippen LogP contribution in [0.5, 0.6) is 0 Å². The molecule has 0 aliphatic heterocycles. The number of carbonyl (C=O) groups is 1. The van der Waals surface area contributed by atoms with Gasteiger partial charge in [0.2, 0.25) is 0 Å². The second-order valence-corrected chi connectivity index (χ2v) is 6.11. The quantitative estimate of drug-likeness (QED) is 0.664. The molecule has 1 aliphatic carbocycles. The molecule has 1 heterocycles. The van der Waals surface area contributed by atoms with Crippen LogP contribution < -0.4 is 5.32 Å². The molecule has 3 nitrogen and oxygen atoms in total. The third kappa shape index (κ3) is 3.42. The fourth-order valence-electron chi connectivity index (χ4n) is 2.14. The molecule has 0 spiro atoms. The van der Waals surface area contributed by atoms with Gasteiger partial charge in [-0.05, 0) is 19.8 Å². The fourth-order valence-corrected chi connectivity index (χ4v) is 3.07. The molecule has 1 aliphatic rings. The molecular weight excluding hydrogens is 256 g/mol. The molecule has 17 heavy (non-hydrogen) atoms. The summed E-state index contributed by atoms with van der Waals surface area (Å²) in [6, 6.07) is 0.0914. The Morgan fingerprint density at radius 1 is 1.47 bits per heavy atom. The zero-order chi connectivity index (χ0) is 12.3. The maximum absolute atomic E-state index is 12.0. The zero-order valence-corrected chi connectivity index (χ0v) is 11.5. The number of hydrogen-bond donors (Lipinski definition) is 1. The third-order valence-corrected chi connectivity index (χ3v) is 4.40. The summed E-state index contributed by atoms with van der Waals surface area (Å²) < 4.78 is 0. The fraction of sp³-hybridized carbons (Fsp3) is 0.667. The first-order valence-electron chi connectivity index (χ1n) is 6.04. The predicted molar refractivity (Wildman–Crippen MR) is 70.8 cm³/mol.